The van der Waals surface area contributed by atoms with Gasteiger partial charge in [-0.2, -0.15) is 0 Å². The summed E-state index contributed by atoms with van der Waals surface area (Å²) < 4.78 is 1.47. The Hall–Kier alpha value is -2.68. The standard InChI is InChI=1S/C16H11NO2/c18-11-17-9-8-12-6-7-14(10-15(12)17)16(19)13-4-2-1-3-5-13/h1-11H. The molecule has 1 aromatic heterocycles. The molecule has 0 aliphatic carbocycles. The predicted octanol–water partition coefficient (Wildman–Crippen LogP) is 2.91. The van der Waals surface area contributed by atoms with Gasteiger partial charge in [0, 0.05) is 22.7 Å². The number of hydrogen-bond acceptors (Lipinski definition) is 2. The Labute approximate surface area is 110 Å². The van der Waals surface area contributed by atoms with Crippen LogP contribution in [0.4, 0.5) is 0 Å². The van der Waals surface area contributed by atoms with Crippen molar-refractivity contribution in [2.24, 2.45) is 0 Å². The van der Waals surface area contributed by atoms with E-state index in [1.165, 1.54) is 4.57 Å². The van der Waals surface area contributed by atoms with Crippen molar-refractivity contribution in [3.05, 3.63) is 71.9 Å². The average molecular weight is 249 g/mol. The molecule has 2 aromatic carbocycles. The third-order valence-electron chi connectivity index (χ3n) is 3.14. The van der Waals surface area contributed by atoms with Crippen molar-refractivity contribution < 1.29 is 9.59 Å². The van der Waals surface area contributed by atoms with E-state index in [1.807, 2.05) is 30.3 Å². The van der Waals surface area contributed by atoms with Gasteiger partial charge in [-0.25, -0.2) is 0 Å². The maximum absolute atomic E-state index is 12.3. The SMILES string of the molecule is O=Cn1ccc2ccc(C(=O)c3ccccc3)cc21. The van der Waals surface area contributed by atoms with Crippen molar-refractivity contribution in [2.45, 2.75) is 0 Å². The lowest BCUT2D eigenvalue weighted by Crippen LogP contribution is -2.01. The summed E-state index contributed by atoms with van der Waals surface area (Å²) in [7, 11) is 0. The number of rotatable bonds is 3. The van der Waals surface area contributed by atoms with Gasteiger partial charge in [0.2, 0.25) is 6.41 Å². The van der Waals surface area contributed by atoms with Crippen LogP contribution in [0.2, 0.25) is 0 Å². The molecule has 3 nitrogen and oxygen atoms in total. The van der Waals surface area contributed by atoms with E-state index < -0.39 is 0 Å². The summed E-state index contributed by atoms with van der Waals surface area (Å²) in [5, 5.41) is 0.941. The van der Waals surface area contributed by atoms with E-state index in [-0.39, 0.29) is 5.78 Å². The number of nitrogens with zero attached hydrogens (tertiary/aromatic N) is 1. The summed E-state index contributed by atoms with van der Waals surface area (Å²) in [6.07, 6.45) is 2.42. The fourth-order valence-corrected chi connectivity index (χ4v) is 2.14. The Morgan fingerprint density at radius 1 is 0.947 bits per heavy atom. The van der Waals surface area contributed by atoms with Crippen LogP contribution < -0.4 is 0 Å². The smallest absolute Gasteiger partial charge is 0.218 e. The molecular weight excluding hydrogens is 238 g/mol. The topological polar surface area (TPSA) is 39.1 Å². The van der Waals surface area contributed by atoms with Gasteiger partial charge in [-0.05, 0) is 12.1 Å². The van der Waals surface area contributed by atoms with Gasteiger partial charge in [0.1, 0.15) is 0 Å². The lowest BCUT2D eigenvalue weighted by molar-refractivity contribution is 0.103. The summed E-state index contributed by atoms with van der Waals surface area (Å²) in [5.41, 5.74) is 1.98. The molecule has 0 saturated carbocycles. The van der Waals surface area contributed by atoms with Gasteiger partial charge in [-0.1, -0.05) is 42.5 Å². The van der Waals surface area contributed by atoms with Gasteiger partial charge >= 0.3 is 0 Å². The fourth-order valence-electron chi connectivity index (χ4n) is 2.14. The Kier molecular flexibility index (Phi) is 2.72. The molecule has 0 atom stereocenters. The summed E-state index contributed by atoms with van der Waals surface area (Å²) in [6, 6.07) is 16.3. The summed E-state index contributed by atoms with van der Waals surface area (Å²) >= 11 is 0. The van der Waals surface area contributed by atoms with Crippen LogP contribution in [0.25, 0.3) is 10.9 Å². The Morgan fingerprint density at radius 2 is 1.74 bits per heavy atom. The minimum atomic E-state index is -0.0406. The second kappa shape index (κ2) is 4.53. The first-order chi connectivity index (χ1) is 9.29. The average Bonchev–Trinajstić information content (AvgIpc) is 2.89. The van der Waals surface area contributed by atoms with E-state index in [1.54, 1.807) is 30.5 Å². The van der Waals surface area contributed by atoms with Crippen LogP contribution in [-0.4, -0.2) is 16.8 Å². The highest BCUT2D eigenvalue weighted by atomic mass is 16.1. The zero-order valence-corrected chi connectivity index (χ0v) is 10.1. The van der Waals surface area contributed by atoms with Crippen molar-refractivity contribution in [2.75, 3.05) is 0 Å². The molecule has 3 aromatic rings. The molecule has 0 N–H and O–H groups in total. The Bertz CT molecular complexity index is 757. The summed E-state index contributed by atoms with van der Waals surface area (Å²) in [6.45, 7) is 0. The molecule has 3 heteroatoms. The quantitative estimate of drug-likeness (QED) is 0.529. The van der Waals surface area contributed by atoms with Crippen LogP contribution in [0.3, 0.4) is 0 Å². The third kappa shape index (κ3) is 1.95. The van der Waals surface area contributed by atoms with Gasteiger partial charge in [-0.15, -0.1) is 0 Å². The summed E-state index contributed by atoms with van der Waals surface area (Å²) in [4.78, 5) is 23.2. The van der Waals surface area contributed by atoms with Crippen LogP contribution in [-0.2, 0) is 4.79 Å². The normalized spacial score (nSPS) is 10.5. The fraction of sp³-hybridized carbons (Fsp3) is 0. The lowest BCUT2D eigenvalue weighted by Gasteiger charge is -2.02. The van der Waals surface area contributed by atoms with Crippen molar-refractivity contribution >= 4 is 23.1 Å². The highest BCUT2D eigenvalue weighted by Crippen LogP contribution is 2.18. The van der Waals surface area contributed by atoms with Crippen LogP contribution in [0.15, 0.2) is 60.8 Å². The monoisotopic (exact) mass is 249 g/mol. The molecule has 0 radical (unpaired) electrons. The molecule has 3 rings (SSSR count). The van der Waals surface area contributed by atoms with Crippen LogP contribution in [0.1, 0.15) is 15.9 Å². The number of benzene rings is 2. The maximum Gasteiger partial charge on any atom is 0.218 e. The minimum absolute atomic E-state index is 0.0406. The van der Waals surface area contributed by atoms with Gasteiger partial charge in [0.25, 0.3) is 0 Å². The zero-order valence-electron chi connectivity index (χ0n) is 10.1. The molecule has 0 fully saturated rings. The van der Waals surface area contributed by atoms with Gasteiger partial charge in [0.15, 0.2) is 5.78 Å². The summed E-state index contributed by atoms with van der Waals surface area (Å²) in [5.74, 6) is -0.0406. The number of ketones is 1. The van der Waals surface area contributed by atoms with Crippen LogP contribution in [0, 0.1) is 0 Å². The Morgan fingerprint density at radius 3 is 2.47 bits per heavy atom. The van der Waals surface area contributed by atoms with E-state index in [2.05, 4.69) is 0 Å². The highest BCUT2D eigenvalue weighted by Gasteiger charge is 2.10. The third-order valence-corrected chi connectivity index (χ3v) is 3.14. The lowest BCUT2D eigenvalue weighted by atomic mass is 10.0. The molecular formula is C16H11NO2. The van der Waals surface area contributed by atoms with E-state index in [0.717, 1.165) is 17.3 Å². The van der Waals surface area contributed by atoms with Crippen molar-refractivity contribution in [1.29, 1.82) is 0 Å². The van der Waals surface area contributed by atoms with Crippen molar-refractivity contribution in [1.82, 2.24) is 4.57 Å². The predicted molar refractivity (Wildman–Crippen MR) is 74.0 cm³/mol. The van der Waals surface area contributed by atoms with Gasteiger partial charge < -0.3 is 0 Å². The molecule has 19 heavy (non-hydrogen) atoms. The van der Waals surface area contributed by atoms with E-state index in [0.29, 0.717) is 11.1 Å². The minimum Gasteiger partial charge on any atom is -0.290 e. The van der Waals surface area contributed by atoms with Gasteiger partial charge in [-0.3, -0.25) is 14.2 Å². The molecule has 0 amide bonds. The molecule has 0 unspecified atom stereocenters. The van der Waals surface area contributed by atoms with E-state index >= 15 is 0 Å². The molecule has 92 valence electrons. The molecule has 0 bridgehead atoms. The maximum atomic E-state index is 12.3. The zero-order chi connectivity index (χ0) is 13.2. The van der Waals surface area contributed by atoms with Crippen LogP contribution >= 0.6 is 0 Å². The Balaban J connectivity index is 2.10. The molecule has 0 saturated heterocycles. The number of carbonyl (C=O) groups excluding carboxylic acids is 2. The molecule has 0 spiro atoms. The van der Waals surface area contributed by atoms with E-state index in [9.17, 15) is 9.59 Å². The first-order valence-corrected chi connectivity index (χ1v) is 5.95. The van der Waals surface area contributed by atoms with Gasteiger partial charge in [0.05, 0.1) is 5.52 Å². The largest absolute Gasteiger partial charge is 0.290 e. The van der Waals surface area contributed by atoms with Crippen LogP contribution in [0.5, 0.6) is 0 Å². The first kappa shape index (κ1) is 11.4. The number of fused-ring (bicyclic) bond motifs is 1. The molecule has 0 aliphatic rings. The number of carbonyl (C=O) groups is 2. The highest BCUT2D eigenvalue weighted by molar-refractivity contribution is 6.10. The number of aromatic nitrogens is 1. The van der Waals surface area contributed by atoms with Crippen molar-refractivity contribution in [3.63, 3.8) is 0 Å². The first-order valence-electron chi connectivity index (χ1n) is 5.95. The van der Waals surface area contributed by atoms with Crippen molar-refractivity contribution in [3.8, 4) is 0 Å². The molecule has 1 heterocycles. The number of hydrogen-bond donors (Lipinski definition) is 0. The molecule has 0 aliphatic heterocycles. The second-order valence-electron chi connectivity index (χ2n) is 4.30. The second-order valence-corrected chi connectivity index (χ2v) is 4.30. The van der Waals surface area contributed by atoms with E-state index in [4.69, 9.17) is 0 Å².